The number of nitrogens with two attached hydrogens (primary N) is 1. The third-order valence-corrected chi connectivity index (χ3v) is 4.13. The standard InChI is InChI=1S/C14H20N2OS/c1-10(2)18-12-6-4-11(5-7-12)16(3)13(17)14(15)8-9-14/h4-7,10H,8-9,15H2,1-3H3. The van der Waals surface area contributed by atoms with Crippen LogP contribution in [0.5, 0.6) is 0 Å². The van der Waals surface area contributed by atoms with E-state index in [-0.39, 0.29) is 5.91 Å². The minimum Gasteiger partial charge on any atom is -0.317 e. The van der Waals surface area contributed by atoms with Crippen LogP contribution >= 0.6 is 11.8 Å². The minimum atomic E-state index is -0.597. The Labute approximate surface area is 113 Å². The van der Waals surface area contributed by atoms with E-state index in [2.05, 4.69) is 26.0 Å². The van der Waals surface area contributed by atoms with Gasteiger partial charge in [0.1, 0.15) is 0 Å². The molecule has 1 saturated carbocycles. The zero-order valence-corrected chi connectivity index (χ0v) is 12.0. The van der Waals surface area contributed by atoms with Crippen LogP contribution in [0.25, 0.3) is 0 Å². The maximum absolute atomic E-state index is 12.1. The van der Waals surface area contributed by atoms with Crippen LogP contribution in [0.4, 0.5) is 5.69 Å². The van der Waals surface area contributed by atoms with E-state index in [1.54, 1.807) is 11.9 Å². The number of likely N-dealkylation sites (N-methyl/N-ethyl adjacent to an activating group) is 1. The molecule has 0 aliphatic heterocycles. The summed E-state index contributed by atoms with van der Waals surface area (Å²) in [6, 6.07) is 8.07. The van der Waals surface area contributed by atoms with Gasteiger partial charge in [-0.1, -0.05) is 13.8 Å². The van der Waals surface area contributed by atoms with Gasteiger partial charge in [-0.15, -0.1) is 11.8 Å². The van der Waals surface area contributed by atoms with Gasteiger partial charge in [-0.3, -0.25) is 4.79 Å². The van der Waals surface area contributed by atoms with Crippen molar-refractivity contribution in [2.45, 2.75) is 42.4 Å². The van der Waals surface area contributed by atoms with Crippen LogP contribution in [0.2, 0.25) is 0 Å². The van der Waals surface area contributed by atoms with Crippen molar-refractivity contribution in [1.82, 2.24) is 0 Å². The molecule has 0 heterocycles. The van der Waals surface area contributed by atoms with Gasteiger partial charge in [-0.05, 0) is 37.1 Å². The number of rotatable bonds is 4. The van der Waals surface area contributed by atoms with Crippen LogP contribution in [-0.4, -0.2) is 23.7 Å². The summed E-state index contributed by atoms with van der Waals surface area (Å²) in [5.41, 5.74) is 6.24. The molecule has 0 radical (unpaired) electrons. The maximum atomic E-state index is 12.1. The number of benzene rings is 1. The molecular formula is C14H20N2OS. The van der Waals surface area contributed by atoms with Crippen molar-refractivity contribution in [1.29, 1.82) is 0 Å². The second-order valence-electron chi connectivity index (χ2n) is 5.18. The van der Waals surface area contributed by atoms with Crippen molar-refractivity contribution in [3.05, 3.63) is 24.3 Å². The quantitative estimate of drug-likeness (QED) is 0.850. The van der Waals surface area contributed by atoms with Gasteiger partial charge in [0, 0.05) is 22.9 Å². The molecule has 1 aromatic rings. The fraction of sp³-hybridized carbons (Fsp3) is 0.500. The van der Waals surface area contributed by atoms with Crippen molar-refractivity contribution in [3.8, 4) is 0 Å². The molecule has 0 atom stereocenters. The van der Waals surface area contributed by atoms with Crippen LogP contribution < -0.4 is 10.6 Å². The van der Waals surface area contributed by atoms with Gasteiger partial charge in [0.2, 0.25) is 5.91 Å². The highest BCUT2D eigenvalue weighted by molar-refractivity contribution is 7.99. The molecule has 1 aliphatic carbocycles. The largest absolute Gasteiger partial charge is 0.317 e. The van der Waals surface area contributed by atoms with Crippen LogP contribution in [0.15, 0.2) is 29.2 Å². The third kappa shape index (κ3) is 2.87. The van der Waals surface area contributed by atoms with E-state index in [1.807, 2.05) is 23.9 Å². The molecule has 98 valence electrons. The predicted octanol–water partition coefficient (Wildman–Crippen LogP) is 2.64. The Hall–Kier alpha value is -1.00. The molecule has 0 aromatic heterocycles. The SMILES string of the molecule is CC(C)Sc1ccc(N(C)C(=O)C2(N)CC2)cc1. The van der Waals surface area contributed by atoms with Crippen molar-refractivity contribution >= 4 is 23.4 Å². The molecule has 1 amide bonds. The maximum Gasteiger partial charge on any atom is 0.246 e. The van der Waals surface area contributed by atoms with E-state index in [0.29, 0.717) is 5.25 Å². The molecular weight excluding hydrogens is 244 g/mol. The van der Waals surface area contributed by atoms with Crippen LogP contribution in [0.3, 0.4) is 0 Å². The third-order valence-electron chi connectivity index (χ3n) is 3.12. The monoisotopic (exact) mass is 264 g/mol. The number of nitrogens with zero attached hydrogens (tertiary/aromatic N) is 1. The van der Waals surface area contributed by atoms with Crippen LogP contribution in [-0.2, 0) is 4.79 Å². The lowest BCUT2D eigenvalue weighted by atomic mass is 10.2. The van der Waals surface area contributed by atoms with Crippen LogP contribution in [0.1, 0.15) is 26.7 Å². The number of anilines is 1. The molecule has 4 heteroatoms. The number of carbonyl (C=O) groups is 1. The summed E-state index contributed by atoms with van der Waals surface area (Å²) < 4.78 is 0. The average molecular weight is 264 g/mol. The highest BCUT2D eigenvalue weighted by Gasteiger charge is 2.47. The number of carbonyl (C=O) groups excluding carboxylic acids is 1. The molecule has 3 nitrogen and oxygen atoms in total. The van der Waals surface area contributed by atoms with Gasteiger partial charge in [0.05, 0.1) is 5.54 Å². The average Bonchev–Trinajstić information content (AvgIpc) is 3.07. The summed E-state index contributed by atoms with van der Waals surface area (Å²) in [5.74, 6) is 0.0202. The first kappa shape index (κ1) is 13.4. The van der Waals surface area contributed by atoms with Gasteiger partial charge in [0.15, 0.2) is 0 Å². The Bertz CT molecular complexity index is 438. The minimum absolute atomic E-state index is 0.0202. The fourth-order valence-corrected chi connectivity index (χ4v) is 2.66. The van der Waals surface area contributed by atoms with E-state index in [4.69, 9.17) is 5.73 Å². The van der Waals surface area contributed by atoms with Gasteiger partial charge >= 0.3 is 0 Å². The lowest BCUT2D eigenvalue weighted by Crippen LogP contribution is -2.43. The smallest absolute Gasteiger partial charge is 0.246 e. The highest BCUT2D eigenvalue weighted by Crippen LogP contribution is 2.35. The zero-order chi connectivity index (χ0) is 13.3. The molecule has 0 unspecified atom stereocenters. The molecule has 0 bridgehead atoms. The number of hydrogen-bond acceptors (Lipinski definition) is 3. The Kier molecular flexibility index (Phi) is 3.69. The lowest BCUT2D eigenvalue weighted by Gasteiger charge is -2.21. The van der Waals surface area contributed by atoms with Crippen molar-refractivity contribution in [2.75, 3.05) is 11.9 Å². The Morgan fingerprint density at radius 3 is 2.33 bits per heavy atom. The van der Waals surface area contributed by atoms with E-state index in [0.717, 1.165) is 18.5 Å². The summed E-state index contributed by atoms with van der Waals surface area (Å²) in [6.07, 6.45) is 1.61. The molecule has 1 aromatic carbocycles. The second-order valence-corrected chi connectivity index (χ2v) is 6.83. The molecule has 2 N–H and O–H groups in total. The van der Waals surface area contributed by atoms with E-state index >= 15 is 0 Å². The summed E-state index contributed by atoms with van der Waals surface area (Å²) >= 11 is 1.82. The molecule has 0 saturated heterocycles. The molecule has 0 spiro atoms. The number of amides is 1. The number of thioether (sulfide) groups is 1. The van der Waals surface area contributed by atoms with Gasteiger partial charge in [-0.25, -0.2) is 0 Å². The van der Waals surface area contributed by atoms with E-state index < -0.39 is 5.54 Å². The topological polar surface area (TPSA) is 46.3 Å². The zero-order valence-electron chi connectivity index (χ0n) is 11.1. The van der Waals surface area contributed by atoms with E-state index in [9.17, 15) is 4.79 Å². The first-order chi connectivity index (χ1) is 8.42. The Morgan fingerprint density at radius 1 is 1.33 bits per heavy atom. The first-order valence-corrected chi connectivity index (χ1v) is 7.14. The van der Waals surface area contributed by atoms with Crippen molar-refractivity contribution in [3.63, 3.8) is 0 Å². The summed E-state index contributed by atoms with van der Waals surface area (Å²) in [4.78, 5) is 15.0. The molecule has 1 fully saturated rings. The Morgan fingerprint density at radius 2 is 1.89 bits per heavy atom. The highest BCUT2D eigenvalue weighted by atomic mass is 32.2. The summed E-state index contributed by atoms with van der Waals surface area (Å²) in [7, 11) is 1.79. The van der Waals surface area contributed by atoms with Crippen LogP contribution in [0, 0.1) is 0 Å². The van der Waals surface area contributed by atoms with Crippen molar-refractivity contribution < 1.29 is 4.79 Å². The molecule has 2 rings (SSSR count). The summed E-state index contributed by atoms with van der Waals surface area (Å²) in [5, 5.41) is 0.564. The Balaban J connectivity index is 2.07. The van der Waals surface area contributed by atoms with Gasteiger partial charge < -0.3 is 10.6 Å². The van der Waals surface area contributed by atoms with Gasteiger partial charge in [0.25, 0.3) is 0 Å². The first-order valence-electron chi connectivity index (χ1n) is 6.26. The van der Waals surface area contributed by atoms with Crippen molar-refractivity contribution in [2.24, 2.45) is 5.73 Å². The summed E-state index contributed by atoms with van der Waals surface area (Å²) in [6.45, 7) is 4.33. The normalized spacial score (nSPS) is 16.7. The number of hydrogen-bond donors (Lipinski definition) is 1. The fourth-order valence-electron chi connectivity index (χ4n) is 1.82. The van der Waals surface area contributed by atoms with Gasteiger partial charge in [-0.2, -0.15) is 0 Å². The predicted molar refractivity (Wildman–Crippen MR) is 77.0 cm³/mol. The lowest BCUT2D eigenvalue weighted by molar-refractivity contribution is -0.120. The molecule has 1 aliphatic rings. The second kappa shape index (κ2) is 4.94. The van der Waals surface area contributed by atoms with E-state index in [1.165, 1.54) is 4.90 Å². The molecule has 18 heavy (non-hydrogen) atoms.